The fraction of sp³-hybridized carbons (Fsp3) is 0.900. The third-order valence-electron chi connectivity index (χ3n) is 20.6. The van der Waals surface area contributed by atoms with Crippen molar-refractivity contribution < 1.29 is 392 Å². The molecule has 0 saturated carbocycles. The van der Waals surface area contributed by atoms with E-state index in [1.807, 2.05) is 173 Å². The largest absolute Gasteiger partial charge is 0.384 e. The zero-order valence-corrected chi connectivity index (χ0v) is 101. The molecule has 0 aromatic heterocycles. The molecule has 6 unspecified atom stereocenters. The fourth-order valence-corrected chi connectivity index (χ4v) is 11.9. The minimum atomic E-state index is -0.718. The van der Waals surface area contributed by atoms with Crippen LogP contribution < -0.4 is 0 Å². The van der Waals surface area contributed by atoms with Gasteiger partial charge in [0, 0.05) is 456 Å². The standard InChI is InChI=1S/2C12H25NO.2C11H23NO.2C10H21NO.C9H19NO.C8H17NO.C7H15NO.3Dy.6Tb/c1-7-8-12(14,9(2)3)11(6)13-10(4)5;1-6-8-12(14,9-7-2)11(5)13-10(3)4;1-6-8-11(13,9(3)4)10(5)12-7-2;1-5-8-11(13,9-6-2)10(4)12-7-3;1-6-7-10(12,8(2)3)9(4)11-5;1-5-7-10(12,8-6-2)9(3)11-4;1-6-9(5,11)8(4)10-7(2)3;1-5-8(4,10)7(3)9-6-2;1-5-7(3,9)6(2)8-4;;;;;;;;;/h9-10,14H,7-8H2,1-6H3;10,14H,6-9H2,1-5H3;9,13H,6-8H2,1-5H3;13H,5-9H2,1-4H3;8,12H,6-7H2,1-5H3;12H,5-8H2,1-4H3;7,11H,6H2,1-5H3;10H,5-6H2,1-4H3;9H,5H2,1-4H3;;;;;;;;;. The van der Waals surface area contributed by atoms with Crippen LogP contribution in [0, 0.1) is 364 Å². The Morgan fingerprint density at radius 3 is 0.641 bits per heavy atom. The summed E-state index contributed by atoms with van der Waals surface area (Å²) >= 11 is 0. The molecule has 27 heteroatoms. The Bertz CT molecular complexity index is 2520. The van der Waals surface area contributed by atoms with Gasteiger partial charge >= 0.3 is 0 Å². The fourth-order valence-electron chi connectivity index (χ4n) is 11.9. The summed E-state index contributed by atoms with van der Waals surface area (Å²) in [6.45, 7) is 79.9. The molecule has 732 valence electrons. The number of aliphatic hydroxyl groups is 9. The van der Waals surface area contributed by atoms with Gasteiger partial charge in [0.15, 0.2) is 0 Å². The van der Waals surface area contributed by atoms with Gasteiger partial charge in [0.05, 0.1) is 16.8 Å². The maximum absolute atomic E-state index is 10.5. The van der Waals surface area contributed by atoms with Crippen LogP contribution in [0.4, 0.5) is 0 Å². The minimum Gasteiger partial charge on any atom is -0.384 e. The van der Waals surface area contributed by atoms with E-state index < -0.39 is 50.4 Å². The summed E-state index contributed by atoms with van der Waals surface area (Å²) in [6.07, 6.45) is 18.5. The van der Waals surface area contributed by atoms with Crippen LogP contribution in [0.2, 0.25) is 0 Å². The molecule has 0 aliphatic heterocycles. The second-order valence-electron chi connectivity index (χ2n) is 32.0. The summed E-state index contributed by atoms with van der Waals surface area (Å²) in [4.78, 5) is 38.0. The van der Waals surface area contributed by atoms with Crippen molar-refractivity contribution in [3.05, 3.63) is 0 Å². The first-order valence-electron chi connectivity index (χ1n) is 42.5. The molecule has 0 bridgehead atoms. The van der Waals surface area contributed by atoms with Crippen molar-refractivity contribution in [3.63, 3.8) is 0 Å². The van der Waals surface area contributed by atoms with E-state index in [2.05, 4.69) is 121 Å². The molecule has 0 aromatic carbocycles. The topological polar surface area (TPSA) is 293 Å². The molecule has 0 amide bonds. The molecule has 117 heavy (non-hydrogen) atoms. The van der Waals surface area contributed by atoms with E-state index >= 15 is 0 Å². The molecule has 0 saturated heterocycles. The summed E-state index contributed by atoms with van der Waals surface area (Å²) in [5.41, 5.74) is 1.59. The van der Waals surface area contributed by atoms with E-state index in [4.69, 9.17) is 0 Å². The number of aliphatic imine (C=N–C) groups is 9. The zero-order valence-electron chi connectivity index (χ0n) is 82.4. The Hall–Kier alpha value is 8.20. The second kappa shape index (κ2) is 95.9. The summed E-state index contributed by atoms with van der Waals surface area (Å²) in [6, 6.07) is 0.806. The van der Waals surface area contributed by atoms with Crippen LogP contribution in [0.3, 0.4) is 0 Å². The van der Waals surface area contributed by atoms with Crippen LogP contribution >= 0.6 is 0 Å². The summed E-state index contributed by atoms with van der Waals surface area (Å²) in [5, 5.41) is 90.6. The Morgan fingerprint density at radius 2 is 0.427 bits per heavy atom. The first-order chi connectivity index (χ1) is 49.5. The van der Waals surface area contributed by atoms with Crippen LogP contribution in [-0.2, 0) is 0 Å². The average Bonchev–Trinajstić information content (AvgIpc) is 0.849. The Labute approximate surface area is 1000 Å². The van der Waals surface area contributed by atoms with Crippen molar-refractivity contribution in [1.82, 2.24) is 0 Å². The predicted molar refractivity (Wildman–Crippen MR) is 484 cm³/mol. The number of rotatable bonds is 39. The second-order valence-corrected chi connectivity index (χ2v) is 32.0. The first-order valence-corrected chi connectivity index (χ1v) is 42.5. The monoisotopic (exact) mass is 2990 g/mol. The van der Waals surface area contributed by atoms with Gasteiger partial charge in [-0.05, 0) is 240 Å². The molecule has 0 heterocycles. The normalized spacial score (nSPS) is 15.3. The molecule has 0 aliphatic rings. The maximum Gasteiger partial charge on any atom is 0.104 e. The molecular weight excluding hydrogens is 2790 g/mol. The molecule has 18 nitrogen and oxygen atoms in total. The Morgan fingerprint density at radius 1 is 0.239 bits per heavy atom. The molecule has 0 aliphatic carbocycles. The van der Waals surface area contributed by atoms with E-state index in [0.29, 0.717) is 0 Å². The summed E-state index contributed by atoms with van der Waals surface area (Å²) in [7, 11) is 5.17. The zero-order chi connectivity index (χ0) is 87.5. The first kappa shape index (κ1) is 168. The molecular formula is C90H189Dy3N9O9Tb6. The van der Waals surface area contributed by atoms with Crippen LogP contribution in [0.15, 0.2) is 44.9 Å². The van der Waals surface area contributed by atoms with Gasteiger partial charge in [-0.25, -0.2) is 0 Å². The van der Waals surface area contributed by atoms with Crippen LogP contribution in [0.25, 0.3) is 0 Å². The Kier molecular flexibility index (Phi) is 138. The van der Waals surface area contributed by atoms with Crippen molar-refractivity contribution >= 4 is 51.4 Å². The molecule has 0 aromatic rings. The quantitative estimate of drug-likeness (QED) is 0.0264. The molecule has 0 fully saturated rings. The number of hydrogen-bond donors (Lipinski definition) is 9. The average molecular weight is 2980 g/mol. The number of nitrogens with zero attached hydrogens (tertiary/aromatic N) is 9. The van der Waals surface area contributed by atoms with Gasteiger partial charge in [0.1, 0.15) is 33.6 Å². The van der Waals surface area contributed by atoms with E-state index in [1.165, 1.54) is 0 Å². The van der Waals surface area contributed by atoms with E-state index in [0.717, 1.165) is 206 Å². The number of hydrogen-bond acceptors (Lipinski definition) is 18. The molecule has 6 radical (unpaired) electrons. The van der Waals surface area contributed by atoms with Crippen LogP contribution in [-0.4, -0.2) is 207 Å². The predicted octanol–water partition coefficient (Wildman–Crippen LogP) is 21.2. The van der Waals surface area contributed by atoms with Crippen molar-refractivity contribution in [2.45, 2.75) is 473 Å². The minimum absolute atomic E-state index is 0. The van der Waals surface area contributed by atoms with Crippen LogP contribution in [0.1, 0.15) is 405 Å². The molecule has 0 rings (SSSR count). The van der Waals surface area contributed by atoms with E-state index in [1.54, 1.807) is 41.9 Å². The Balaban J connectivity index is -0.0000000585. The summed E-state index contributed by atoms with van der Waals surface area (Å²) in [5.74, 6) is 0.703. The molecule has 9 N–H and O–H groups in total. The van der Waals surface area contributed by atoms with Gasteiger partial charge in [-0.2, -0.15) is 0 Å². The van der Waals surface area contributed by atoms with Gasteiger partial charge < -0.3 is 46.0 Å². The third-order valence-corrected chi connectivity index (χ3v) is 20.6. The van der Waals surface area contributed by atoms with Crippen molar-refractivity contribution in [3.8, 4) is 0 Å². The van der Waals surface area contributed by atoms with E-state index in [-0.39, 0.29) is 382 Å². The maximum atomic E-state index is 10.5. The molecule has 0 spiro atoms. The summed E-state index contributed by atoms with van der Waals surface area (Å²) < 4.78 is 0. The van der Waals surface area contributed by atoms with Gasteiger partial charge in [0.25, 0.3) is 0 Å². The van der Waals surface area contributed by atoms with Crippen molar-refractivity contribution in [1.29, 1.82) is 0 Å². The smallest absolute Gasteiger partial charge is 0.104 e. The van der Waals surface area contributed by atoms with Crippen LogP contribution in [0.5, 0.6) is 0 Å². The van der Waals surface area contributed by atoms with Gasteiger partial charge in [-0.15, -0.1) is 0 Å². The van der Waals surface area contributed by atoms with Crippen molar-refractivity contribution in [2.75, 3.05) is 40.8 Å². The third kappa shape index (κ3) is 80.1. The van der Waals surface area contributed by atoms with Gasteiger partial charge in [0.2, 0.25) is 0 Å². The van der Waals surface area contributed by atoms with Gasteiger partial charge in [-0.3, -0.25) is 44.9 Å². The SMILES string of the molecule is CCC(C)(O)C(C)=NC.CCC(C)(O)C(C)=NC(C)C.CCCC(O)(C(C)=NC(C)C)C(C)C.CCCC(O)(C(C)=NC)C(C)C.CCCC(O)(C(C)=NCC)C(C)C.CCCC(O)(CCC)C(C)=NC.CCCC(O)(CCC)C(C)=NC(C)C.CCCC(O)(CCC)C(C)=NCC.CCN=C(C)C(C)(O)CC.[Dy].[Dy].[Dy].[Tb].[Tb].[Tb].[Tb].[Tb].[Tb]. The van der Waals surface area contributed by atoms with Crippen molar-refractivity contribution in [2.24, 2.45) is 62.7 Å². The van der Waals surface area contributed by atoms with Gasteiger partial charge in [-0.1, -0.05) is 182 Å². The van der Waals surface area contributed by atoms with E-state index in [9.17, 15) is 46.0 Å². The molecule has 6 atom stereocenters.